The molecule has 0 aliphatic heterocycles. The lowest BCUT2D eigenvalue weighted by atomic mass is 9.91. The van der Waals surface area contributed by atoms with Crippen molar-refractivity contribution in [2.45, 2.75) is 72.4 Å². The Hall–Kier alpha value is -2.02. The van der Waals surface area contributed by atoms with Crippen LogP contribution >= 0.6 is 11.6 Å². The Balaban J connectivity index is 0.000000487. The predicted octanol–water partition coefficient (Wildman–Crippen LogP) is 7.45. The average molecular weight is 476 g/mol. The first kappa shape index (κ1) is 30.0. The van der Waals surface area contributed by atoms with Crippen LogP contribution in [0.3, 0.4) is 0 Å². The molecule has 0 radical (unpaired) electrons. The highest BCUT2D eigenvalue weighted by Gasteiger charge is 2.31. The van der Waals surface area contributed by atoms with Crippen molar-refractivity contribution in [1.82, 2.24) is 10.7 Å². The molecule has 32 heavy (non-hydrogen) atoms. The second-order valence-corrected chi connectivity index (χ2v) is 8.80. The molecular formula is C24H37ClF3N3O. The number of halogens is 4. The van der Waals surface area contributed by atoms with E-state index < -0.39 is 17.6 Å². The summed E-state index contributed by atoms with van der Waals surface area (Å²) in [6.07, 6.45) is 5.95. The maximum atomic E-state index is 12.3. The second kappa shape index (κ2) is 15.7. The fourth-order valence-corrected chi connectivity index (χ4v) is 3.38. The number of amides is 1. The van der Waals surface area contributed by atoms with Gasteiger partial charge in [-0.2, -0.15) is 18.3 Å². The van der Waals surface area contributed by atoms with Crippen LogP contribution in [-0.4, -0.2) is 19.7 Å². The van der Waals surface area contributed by atoms with Gasteiger partial charge in [0, 0.05) is 20.0 Å². The molecule has 1 amide bonds. The first-order chi connectivity index (χ1) is 14.9. The molecular weight excluding hydrogens is 439 g/mol. The minimum Gasteiger partial charge on any atom is -0.355 e. The third kappa shape index (κ3) is 13.4. The summed E-state index contributed by atoms with van der Waals surface area (Å²) in [5.74, 6) is 1.10. The maximum absolute atomic E-state index is 12.3. The SMILES string of the molecule is C=NN/C=C(/C)CC(C)C.CC1CCCCC1.CNC(=O)c1cc(C(F)(F)F)ccc1Cl. The molecule has 0 unspecified atom stereocenters. The van der Waals surface area contributed by atoms with E-state index in [1.54, 1.807) is 0 Å². The lowest BCUT2D eigenvalue weighted by molar-refractivity contribution is -0.137. The van der Waals surface area contributed by atoms with E-state index in [-0.39, 0.29) is 10.6 Å². The Labute approximate surface area is 195 Å². The van der Waals surface area contributed by atoms with Crippen molar-refractivity contribution in [3.05, 3.63) is 46.1 Å². The number of nitrogens with one attached hydrogen (secondary N) is 2. The van der Waals surface area contributed by atoms with E-state index in [9.17, 15) is 18.0 Å². The maximum Gasteiger partial charge on any atom is 0.416 e. The standard InChI is InChI=1S/C9H7ClF3NO.C8H16N2.C7H14/c1-14-8(15)6-4-5(9(11,12)13)2-3-7(6)10;1-7(2)5-8(3)6-10-9-4;1-7-5-3-2-4-6-7/h2-4H,1H3,(H,14,15);6-7,10H,4-5H2,1-3H3;7H,2-6H2,1H3/b;8-6-;. The summed E-state index contributed by atoms with van der Waals surface area (Å²) in [6.45, 7) is 12.1. The van der Waals surface area contributed by atoms with Crippen molar-refractivity contribution in [1.29, 1.82) is 0 Å². The smallest absolute Gasteiger partial charge is 0.355 e. The number of hydrazone groups is 1. The van der Waals surface area contributed by atoms with Crippen molar-refractivity contribution in [2.75, 3.05) is 7.05 Å². The fraction of sp³-hybridized carbons (Fsp3) is 0.583. The molecule has 2 N–H and O–H groups in total. The topological polar surface area (TPSA) is 53.5 Å². The molecule has 1 fully saturated rings. The Bertz CT molecular complexity index is 728. The van der Waals surface area contributed by atoms with Gasteiger partial charge in [0.2, 0.25) is 0 Å². The van der Waals surface area contributed by atoms with Gasteiger partial charge in [0.25, 0.3) is 5.91 Å². The third-order valence-electron chi connectivity index (χ3n) is 4.79. The molecule has 0 spiro atoms. The second-order valence-electron chi connectivity index (χ2n) is 8.39. The number of carbonyl (C=O) groups excluding carboxylic acids is 1. The molecule has 8 heteroatoms. The largest absolute Gasteiger partial charge is 0.416 e. The van der Waals surface area contributed by atoms with E-state index in [0.717, 1.165) is 30.5 Å². The molecule has 1 aliphatic rings. The molecule has 1 aliphatic carbocycles. The van der Waals surface area contributed by atoms with Crippen molar-refractivity contribution in [2.24, 2.45) is 16.9 Å². The number of benzene rings is 1. The summed E-state index contributed by atoms with van der Waals surface area (Å²) < 4.78 is 36.9. The molecule has 1 saturated carbocycles. The number of carbonyl (C=O) groups is 1. The van der Waals surface area contributed by atoms with Crippen LogP contribution < -0.4 is 10.7 Å². The fourth-order valence-electron chi connectivity index (χ4n) is 3.18. The zero-order valence-electron chi connectivity index (χ0n) is 19.8. The summed E-state index contributed by atoms with van der Waals surface area (Å²) in [5.41, 5.74) is 2.93. The van der Waals surface area contributed by atoms with E-state index >= 15 is 0 Å². The highest BCUT2D eigenvalue weighted by Crippen LogP contribution is 2.31. The van der Waals surface area contributed by atoms with Gasteiger partial charge < -0.3 is 5.32 Å². The number of allylic oxidation sites excluding steroid dienone is 1. The van der Waals surface area contributed by atoms with Gasteiger partial charge in [-0.1, -0.05) is 70.0 Å². The van der Waals surface area contributed by atoms with Crippen molar-refractivity contribution < 1.29 is 18.0 Å². The van der Waals surface area contributed by atoms with Crippen LogP contribution in [0.15, 0.2) is 35.1 Å². The van der Waals surface area contributed by atoms with Crippen LogP contribution in [0.4, 0.5) is 13.2 Å². The molecule has 0 bridgehead atoms. The molecule has 1 aromatic rings. The molecule has 0 aromatic heterocycles. The van der Waals surface area contributed by atoms with Gasteiger partial charge in [-0.15, -0.1) is 0 Å². The van der Waals surface area contributed by atoms with E-state index in [0.29, 0.717) is 5.92 Å². The van der Waals surface area contributed by atoms with Crippen LogP contribution in [0.1, 0.15) is 82.1 Å². The van der Waals surface area contributed by atoms with Crippen LogP contribution in [0, 0.1) is 11.8 Å². The van der Waals surface area contributed by atoms with Gasteiger partial charge in [-0.05, 0) is 43.4 Å². The number of nitrogens with zero attached hydrogens (tertiary/aromatic N) is 1. The monoisotopic (exact) mass is 475 g/mol. The van der Waals surface area contributed by atoms with Crippen LogP contribution in [0.5, 0.6) is 0 Å². The third-order valence-corrected chi connectivity index (χ3v) is 5.12. The molecule has 0 saturated heterocycles. The van der Waals surface area contributed by atoms with Gasteiger partial charge >= 0.3 is 6.18 Å². The number of hydrogen-bond donors (Lipinski definition) is 2. The zero-order valence-corrected chi connectivity index (χ0v) is 20.5. The molecule has 1 aromatic carbocycles. The van der Waals surface area contributed by atoms with Crippen LogP contribution in [-0.2, 0) is 6.18 Å². The molecule has 0 atom stereocenters. The lowest BCUT2D eigenvalue weighted by Gasteiger charge is -2.15. The Kier molecular flexibility index (Phi) is 14.7. The van der Waals surface area contributed by atoms with E-state index in [1.165, 1.54) is 44.7 Å². The highest BCUT2D eigenvalue weighted by molar-refractivity contribution is 6.33. The first-order valence-electron chi connectivity index (χ1n) is 10.9. The zero-order chi connectivity index (χ0) is 24.7. The van der Waals surface area contributed by atoms with Crippen LogP contribution in [0.2, 0.25) is 5.02 Å². The van der Waals surface area contributed by atoms with Gasteiger partial charge in [0.1, 0.15) is 0 Å². The molecule has 2 rings (SSSR count). The summed E-state index contributed by atoms with van der Waals surface area (Å²) in [4.78, 5) is 11.2. The van der Waals surface area contributed by atoms with Gasteiger partial charge in [0.05, 0.1) is 16.1 Å². The van der Waals surface area contributed by atoms with Crippen molar-refractivity contribution in [3.63, 3.8) is 0 Å². The number of hydrogen-bond acceptors (Lipinski definition) is 3. The first-order valence-corrected chi connectivity index (χ1v) is 11.3. The average Bonchev–Trinajstić information content (AvgIpc) is 2.72. The number of rotatable bonds is 5. The molecule has 0 heterocycles. The Morgan fingerprint density at radius 1 is 1.28 bits per heavy atom. The van der Waals surface area contributed by atoms with Gasteiger partial charge in [-0.3, -0.25) is 10.2 Å². The summed E-state index contributed by atoms with van der Waals surface area (Å²) in [6, 6.07) is 2.60. The van der Waals surface area contributed by atoms with E-state index in [2.05, 4.69) is 50.3 Å². The van der Waals surface area contributed by atoms with E-state index in [1.807, 2.05) is 6.20 Å². The predicted molar refractivity (Wildman–Crippen MR) is 128 cm³/mol. The summed E-state index contributed by atoms with van der Waals surface area (Å²) in [5, 5.41) is 5.70. The Morgan fingerprint density at radius 2 is 1.88 bits per heavy atom. The Morgan fingerprint density at radius 3 is 2.28 bits per heavy atom. The normalized spacial score (nSPS) is 14.5. The van der Waals surface area contributed by atoms with Crippen molar-refractivity contribution >= 4 is 24.2 Å². The minimum absolute atomic E-state index is 0.0117. The molecule has 4 nitrogen and oxygen atoms in total. The number of alkyl halides is 3. The summed E-state index contributed by atoms with van der Waals surface area (Å²) in [7, 11) is 1.32. The van der Waals surface area contributed by atoms with Gasteiger partial charge in [-0.25, -0.2) is 0 Å². The van der Waals surface area contributed by atoms with Crippen molar-refractivity contribution in [3.8, 4) is 0 Å². The van der Waals surface area contributed by atoms with E-state index in [4.69, 9.17) is 11.6 Å². The van der Waals surface area contributed by atoms with Crippen LogP contribution in [0.25, 0.3) is 0 Å². The molecule has 182 valence electrons. The lowest BCUT2D eigenvalue weighted by Crippen LogP contribution is -2.19. The highest BCUT2D eigenvalue weighted by atomic mass is 35.5. The van der Waals surface area contributed by atoms with Gasteiger partial charge in [0.15, 0.2) is 0 Å². The summed E-state index contributed by atoms with van der Waals surface area (Å²) >= 11 is 5.59. The minimum atomic E-state index is -4.48. The quantitative estimate of drug-likeness (QED) is 0.343.